The number of unbranched alkanes of at least 4 members (excludes halogenated alkanes) is 3. The van der Waals surface area contributed by atoms with E-state index in [0.717, 1.165) is 32.1 Å². The summed E-state index contributed by atoms with van der Waals surface area (Å²) in [5, 5.41) is 25.0. The first-order valence-corrected chi connectivity index (χ1v) is 6.08. The molecule has 0 bridgehead atoms. The Kier molecular flexibility index (Phi) is 13.9. The fourth-order valence-corrected chi connectivity index (χ4v) is 1.05. The summed E-state index contributed by atoms with van der Waals surface area (Å²) in [6.07, 6.45) is 4.17. The van der Waals surface area contributed by atoms with Crippen LogP contribution in [0.15, 0.2) is 0 Å². The van der Waals surface area contributed by atoms with E-state index in [2.05, 4.69) is 6.92 Å². The molecule has 17 heavy (non-hydrogen) atoms. The lowest BCUT2D eigenvalue weighted by Gasteiger charge is -2.01. The molecule has 0 aliphatic heterocycles. The van der Waals surface area contributed by atoms with E-state index in [1.165, 1.54) is 0 Å². The molecule has 5 heteroatoms. The molecule has 0 aliphatic carbocycles. The number of aliphatic hydroxyl groups excluding tert-OH is 1. The van der Waals surface area contributed by atoms with E-state index in [1.54, 1.807) is 0 Å². The van der Waals surface area contributed by atoms with Gasteiger partial charge in [-0.2, -0.15) is 0 Å². The van der Waals surface area contributed by atoms with Gasteiger partial charge in [-0.25, -0.2) is 4.79 Å². The normalized spacial score (nSPS) is 11.2. The van der Waals surface area contributed by atoms with Crippen molar-refractivity contribution in [3.05, 3.63) is 0 Å². The number of carboxylic acid groups (broad SMARTS) is 2. The van der Waals surface area contributed by atoms with Crippen molar-refractivity contribution in [3.8, 4) is 0 Å². The number of hydrogen-bond donors (Lipinski definition) is 3. The number of carboxylic acids is 2. The summed E-state index contributed by atoms with van der Waals surface area (Å²) < 4.78 is 0. The molecule has 1 atom stereocenters. The zero-order chi connectivity index (χ0) is 13.7. The van der Waals surface area contributed by atoms with Gasteiger partial charge in [-0.1, -0.05) is 39.5 Å². The van der Waals surface area contributed by atoms with Crippen LogP contribution in [-0.4, -0.2) is 33.4 Å². The van der Waals surface area contributed by atoms with Crippen molar-refractivity contribution in [2.45, 2.75) is 64.9 Å². The zero-order valence-electron chi connectivity index (χ0n) is 10.7. The van der Waals surface area contributed by atoms with Crippen molar-refractivity contribution in [3.63, 3.8) is 0 Å². The van der Waals surface area contributed by atoms with Crippen LogP contribution in [0.4, 0.5) is 0 Å². The second kappa shape index (κ2) is 13.0. The highest BCUT2D eigenvalue weighted by Gasteiger charge is 2.10. The first-order valence-electron chi connectivity index (χ1n) is 6.08. The van der Waals surface area contributed by atoms with Crippen molar-refractivity contribution >= 4 is 11.9 Å². The minimum Gasteiger partial charge on any atom is -0.481 e. The number of hydrogen-bond acceptors (Lipinski definition) is 3. The fourth-order valence-electron chi connectivity index (χ4n) is 1.05. The first-order chi connectivity index (χ1) is 7.95. The molecule has 3 N–H and O–H groups in total. The molecule has 0 saturated heterocycles. The van der Waals surface area contributed by atoms with Gasteiger partial charge >= 0.3 is 11.9 Å². The Morgan fingerprint density at radius 3 is 1.88 bits per heavy atom. The lowest BCUT2D eigenvalue weighted by molar-refractivity contribution is -0.147. The van der Waals surface area contributed by atoms with E-state index >= 15 is 0 Å². The third-order valence-electron chi connectivity index (χ3n) is 2.11. The summed E-state index contributed by atoms with van der Waals surface area (Å²) >= 11 is 0. The van der Waals surface area contributed by atoms with Gasteiger partial charge in [0.2, 0.25) is 0 Å². The molecule has 0 fully saturated rings. The highest BCUT2D eigenvalue weighted by atomic mass is 16.4. The summed E-state index contributed by atoms with van der Waals surface area (Å²) in [6.45, 7) is 4.01. The highest BCUT2D eigenvalue weighted by Crippen LogP contribution is 1.99. The maximum atomic E-state index is 9.96. The zero-order valence-corrected chi connectivity index (χ0v) is 10.7. The lowest BCUT2D eigenvalue weighted by Crippen LogP contribution is -2.18. The topological polar surface area (TPSA) is 94.8 Å². The molecule has 0 aromatic heterocycles. The van der Waals surface area contributed by atoms with Gasteiger partial charge in [0.15, 0.2) is 6.10 Å². The summed E-state index contributed by atoms with van der Waals surface area (Å²) in [6, 6.07) is 0. The van der Waals surface area contributed by atoms with Crippen molar-refractivity contribution < 1.29 is 24.9 Å². The summed E-state index contributed by atoms with van der Waals surface area (Å²) in [5.41, 5.74) is 0. The molecule has 0 radical (unpaired) electrons. The molecule has 5 nitrogen and oxygen atoms in total. The van der Waals surface area contributed by atoms with Gasteiger partial charge in [0.05, 0.1) is 0 Å². The molecule has 0 saturated carbocycles. The van der Waals surface area contributed by atoms with E-state index in [4.69, 9.17) is 15.3 Å². The summed E-state index contributed by atoms with van der Waals surface area (Å²) in [5.74, 6) is -1.80. The number of aliphatic carboxylic acids is 2. The van der Waals surface area contributed by atoms with Gasteiger partial charge in [-0.05, 0) is 12.8 Å². The number of aliphatic hydroxyl groups is 1. The van der Waals surface area contributed by atoms with Crippen LogP contribution in [0.1, 0.15) is 58.8 Å². The van der Waals surface area contributed by atoms with Crippen molar-refractivity contribution in [1.29, 1.82) is 0 Å². The second-order valence-corrected chi connectivity index (χ2v) is 3.85. The van der Waals surface area contributed by atoms with E-state index < -0.39 is 18.0 Å². The van der Waals surface area contributed by atoms with Gasteiger partial charge in [-0.3, -0.25) is 4.79 Å². The Labute approximate surface area is 102 Å². The largest absolute Gasteiger partial charge is 0.481 e. The van der Waals surface area contributed by atoms with Crippen molar-refractivity contribution in [2.75, 3.05) is 0 Å². The average molecular weight is 248 g/mol. The molecule has 0 aliphatic rings. The van der Waals surface area contributed by atoms with Crippen LogP contribution in [0, 0.1) is 0 Å². The molecular formula is C12H24O5. The minimum absolute atomic E-state index is 0.327. The van der Waals surface area contributed by atoms with Crippen LogP contribution >= 0.6 is 0 Å². The number of carbonyl (C=O) groups is 2. The van der Waals surface area contributed by atoms with Gasteiger partial charge in [-0.15, -0.1) is 0 Å². The van der Waals surface area contributed by atoms with Gasteiger partial charge < -0.3 is 15.3 Å². The van der Waals surface area contributed by atoms with Gasteiger partial charge in [0.25, 0.3) is 0 Å². The maximum absolute atomic E-state index is 9.96. The Balaban J connectivity index is 0. The molecule has 0 spiro atoms. The van der Waals surface area contributed by atoms with Crippen LogP contribution in [-0.2, 0) is 9.59 Å². The molecule has 0 aromatic carbocycles. The lowest BCUT2D eigenvalue weighted by atomic mass is 10.2. The quantitative estimate of drug-likeness (QED) is 0.573. The summed E-state index contributed by atoms with van der Waals surface area (Å²) in [4.78, 5) is 19.8. The molecule has 0 aromatic rings. The summed E-state index contributed by atoms with van der Waals surface area (Å²) in [7, 11) is 0. The fraction of sp³-hybridized carbons (Fsp3) is 0.833. The van der Waals surface area contributed by atoms with Crippen LogP contribution < -0.4 is 0 Å². The predicted molar refractivity (Wildman–Crippen MR) is 64.9 cm³/mol. The molecule has 0 amide bonds. The van der Waals surface area contributed by atoms with Crippen LogP contribution in [0.2, 0.25) is 0 Å². The smallest absolute Gasteiger partial charge is 0.332 e. The third-order valence-corrected chi connectivity index (χ3v) is 2.11. The Morgan fingerprint density at radius 1 is 1.00 bits per heavy atom. The van der Waals surface area contributed by atoms with Crippen LogP contribution in [0.3, 0.4) is 0 Å². The van der Waals surface area contributed by atoms with Gasteiger partial charge in [0, 0.05) is 6.42 Å². The van der Waals surface area contributed by atoms with Crippen molar-refractivity contribution in [1.82, 2.24) is 0 Å². The molecule has 102 valence electrons. The molecule has 0 rings (SSSR count). The highest BCUT2D eigenvalue weighted by molar-refractivity contribution is 5.71. The predicted octanol–water partition coefficient (Wildman–Crippen LogP) is 2.27. The van der Waals surface area contributed by atoms with E-state index in [-0.39, 0.29) is 0 Å². The van der Waals surface area contributed by atoms with Gasteiger partial charge in [0.1, 0.15) is 0 Å². The van der Waals surface area contributed by atoms with E-state index in [9.17, 15) is 9.59 Å². The maximum Gasteiger partial charge on any atom is 0.332 e. The molecule has 0 heterocycles. The van der Waals surface area contributed by atoms with Crippen molar-refractivity contribution in [2.24, 2.45) is 0 Å². The van der Waals surface area contributed by atoms with Crippen LogP contribution in [0.5, 0.6) is 0 Å². The second-order valence-electron chi connectivity index (χ2n) is 3.85. The SMILES string of the molecule is CCCCC(O)C(=O)O.CCCCCC(=O)O. The van der Waals surface area contributed by atoms with Crippen LogP contribution in [0.25, 0.3) is 0 Å². The van der Waals surface area contributed by atoms with E-state index in [0.29, 0.717) is 12.8 Å². The minimum atomic E-state index is -1.16. The Hall–Kier alpha value is -1.10. The third kappa shape index (κ3) is 17.5. The Morgan fingerprint density at radius 2 is 1.53 bits per heavy atom. The monoisotopic (exact) mass is 248 g/mol. The number of rotatable bonds is 8. The average Bonchev–Trinajstić information content (AvgIpc) is 2.26. The molecule has 1 unspecified atom stereocenters. The Bertz CT molecular complexity index is 203. The first kappa shape index (κ1) is 18.3. The van der Waals surface area contributed by atoms with E-state index in [1.807, 2.05) is 6.92 Å². The molecular weight excluding hydrogens is 224 g/mol. The standard InChI is InChI=1S/C6H12O3.C6H12O2/c1-2-3-4-5(7)6(8)9;1-2-3-4-5-6(7)8/h5,7H,2-4H2,1H3,(H,8,9);2-5H2,1H3,(H,7,8).